The van der Waals surface area contributed by atoms with Crippen molar-refractivity contribution in [1.82, 2.24) is 9.80 Å². The molecule has 4 unspecified atom stereocenters. The number of ether oxygens (including phenoxy) is 1. The van der Waals surface area contributed by atoms with Crippen LogP contribution in [0.1, 0.15) is 32.1 Å². The first-order valence-corrected chi connectivity index (χ1v) is 12.9. The van der Waals surface area contributed by atoms with Crippen molar-refractivity contribution in [2.45, 2.75) is 44.4 Å². The fourth-order valence-electron chi connectivity index (χ4n) is 5.20. The highest BCUT2D eigenvalue weighted by Crippen LogP contribution is 2.39. The van der Waals surface area contributed by atoms with E-state index in [0.717, 1.165) is 38.4 Å². The van der Waals surface area contributed by atoms with Gasteiger partial charge in [-0.1, -0.05) is 0 Å². The molecule has 1 aromatic rings. The highest BCUT2D eigenvalue weighted by Gasteiger charge is 2.52. The summed E-state index contributed by atoms with van der Waals surface area (Å²) in [7, 11) is 1.57. The topological polar surface area (TPSA) is 148 Å². The number of alkyl halides is 1. The van der Waals surface area contributed by atoms with E-state index in [0.29, 0.717) is 18.7 Å². The number of hydrogen-bond acceptors (Lipinski definition) is 8. The van der Waals surface area contributed by atoms with E-state index < -0.39 is 36.1 Å². The Morgan fingerprint density at radius 3 is 2.13 bits per heavy atom. The second-order valence-corrected chi connectivity index (χ2v) is 9.88. The molecule has 0 aromatic heterocycles. The predicted octanol–water partition coefficient (Wildman–Crippen LogP) is 1.38. The van der Waals surface area contributed by atoms with Crippen LogP contribution in [-0.2, 0) is 19.2 Å². The van der Waals surface area contributed by atoms with Crippen LogP contribution in [-0.4, -0.2) is 108 Å². The van der Waals surface area contributed by atoms with E-state index in [2.05, 4.69) is 9.80 Å². The molecule has 2 saturated heterocycles. The molecule has 216 valence electrons. The average Bonchev–Trinajstić information content (AvgIpc) is 3.12. The molecule has 2 amide bonds. The van der Waals surface area contributed by atoms with Gasteiger partial charge in [0.25, 0.3) is 0 Å². The summed E-state index contributed by atoms with van der Waals surface area (Å²) in [5.41, 5.74) is 0.742. The summed E-state index contributed by atoms with van der Waals surface area (Å²) in [6.45, 7) is 4.05. The highest BCUT2D eigenvalue weighted by atomic mass is 19.1. The van der Waals surface area contributed by atoms with E-state index in [-0.39, 0.29) is 43.3 Å². The van der Waals surface area contributed by atoms with Gasteiger partial charge in [0.15, 0.2) is 0 Å². The van der Waals surface area contributed by atoms with Crippen LogP contribution in [0.15, 0.2) is 18.2 Å². The molecule has 0 radical (unpaired) electrons. The van der Waals surface area contributed by atoms with Gasteiger partial charge in [-0.25, -0.2) is 8.78 Å². The van der Waals surface area contributed by atoms with E-state index in [1.54, 1.807) is 13.2 Å². The molecule has 13 heteroatoms. The molecule has 3 aliphatic rings. The fraction of sp³-hybridized carbons (Fsp3) is 0.615. The smallest absolute Gasteiger partial charge is 0.303 e. The van der Waals surface area contributed by atoms with Crippen LogP contribution in [0, 0.1) is 17.7 Å². The van der Waals surface area contributed by atoms with Gasteiger partial charge in [-0.15, -0.1) is 0 Å². The summed E-state index contributed by atoms with van der Waals surface area (Å²) < 4.78 is 32.8. The van der Waals surface area contributed by atoms with Gasteiger partial charge < -0.3 is 25.0 Å². The Balaban J connectivity index is 0.000000459. The zero-order chi connectivity index (χ0) is 28.7. The minimum atomic E-state index is -1.44. The number of anilines is 1. The summed E-state index contributed by atoms with van der Waals surface area (Å²) in [6.07, 6.45) is -2.60. The molecule has 39 heavy (non-hydrogen) atoms. The molecule has 4 rings (SSSR count). The van der Waals surface area contributed by atoms with E-state index in [9.17, 15) is 33.1 Å². The molecule has 4 atom stereocenters. The molecule has 1 aromatic carbocycles. The number of imide groups is 1. The first kappa shape index (κ1) is 30.2. The van der Waals surface area contributed by atoms with E-state index in [4.69, 9.17) is 14.9 Å². The van der Waals surface area contributed by atoms with Gasteiger partial charge in [0, 0.05) is 38.8 Å². The largest absolute Gasteiger partial charge is 0.495 e. The van der Waals surface area contributed by atoms with Crippen molar-refractivity contribution in [2.24, 2.45) is 11.8 Å². The summed E-state index contributed by atoms with van der Waals surface area (Å²) in [6, 6.07) is 4.49. The van der Waals surface area contributed by atoms with Gasteiger partial charge in [0.2, 0.25) is 11.8 Å². The number of carbonyl (C=O) groups excluding carboxylic acids is 2. The third-order valence-electron chi connectivity index (χ3n) is 7.31. The number of carboxylic acid groups (broad SMARTS) is 2. The lowest BCUT2D eigenvalue weighted by Gasteiger charge is -2.36. The number of rotatable bonds is 9. The summed E-state index contributed by atoms with van der Waals surface area (Å²) in [5, 5.41) is 25.5. The molecule has 11 nitrogen and oxygen atoms in total. The molecule has 1 saturated carbocycles. The number of aliphatic hydroxyl groups excluding tert-OH is 1. The quantitative estimate of drug-likeness (QED) is 0.382. The number of methoxy groups -OCH3 is 1. The lowest BCUT2D eigenvalue weighted by Crippen LogP contribution is -2.47. The maximum Gasteiger partial charge on any atom is 0.303 e. The third-order valence-corrected chi connectivity index (χ3v) is 7.31. The van der Waals surface area contributed by atoms with Crippen LogP contribution in [0.3, 0.4) is 0 Å². The number of likely N-dealkylation sites (tertiary alicyclic amines) is 1. The molecule has 1 aliphatic carbocycles. The Hall–Kier alpha value is -3.32. The Morgan fingerprint density at radius 1 is 0.974 bits per heavy atom. The molecule has 2 aliphatic heterocycles. The number of fused-ring (bicyclic) bond motifs is 1. The predicted molar refractivity (Wildman–Crippen MR) is 135 cm³/mol. The lowest BCUT2D eigenvalue weighted by molar-refractivity contribution is -0.143. The van der Waals surface area contributed by atoms with Crippen LogP contribution in [0.5, 0.6) is 5.75 Å². The zero-order valence-electron chi connectivity index (χ0n) is 21.8. The van der Waals surface area contributed by atoms with Crippen LogP contribution in [0.4, 0.5) is 14.5 Å². The Morgan fingerprint density at radius 2 is 1.56 bits per heavy atom. The maximum atomic E-state index is 13.8. The fourth-order valence-corrected chi connectivity index (χ4v) is 5.20. The number of nitrogens with zero attached hydrogens (tertiary/aromatic N) is 3. The average molecular weight is 556 g/mol. The number of carbonyl (C=O) groups is 4. The molecular weight excluding hydrogens is 520 g/mol. The molecule has 3 N–H and O–H groups in total. The number of piperazine rings is 1. The van der Waals surface area contributed by atoms with Crippen molar-refractivity contribution in [2.75, 3.05) is 51.3 Å². The normalized spacial score (nSPS) is 25.1. The summed E-state index contributed by atoms with van der Waals surface area (Å²) in [5.74, 6) is -3.60. The summed E-state index contributed by atoms with van der Waals surface area (Å²) in [4.78, 5) is 50.0. The SMILES string of the molecule is COc1ccc(F)cc1N1CCN(CCCN2C(=O)C3CC(O)C(F)CC3C2=O)CC1.O=C(O)CCC(=O)O. The Labute approximate surface area is 224 Å². The van der Waals surface area contributed by atoms with Crippen molar-refractivity contribution in [3.05, 3.63) is 24.0 Å². The molecule has 3 fully saturated rings. The van der Waals surface area contributed by atoms with Crippen LogP contribution in [0.2, 0.25) is 0 Å². The van der Waals surface area contributed by atoms with E-state index in [1.807, 2.05) is 0 Å². The molecular formula is C26H35F2N3O8. The Bertz CT molecular complexity index is 1010. The van der Waals surface area contributed by atoms with Gasteiger partial charge >= 0.3 is 11.9 Å². The second-order valence-electron chi connectivity index (χ2n) is 9.88. The monoisotopic (exact) mass is 555 g/mol. The molecule has 0 bridgehead atoms. The second kappa shape index (κ2) is 13.7. The number of aliphatic hydroxyl groups is 1. The van der Waals surface area contributed by atoms with Crippen LogP contribution in [0.25, 0.3) is 0 Å². The van der Waals surface area contributed by atoms with Crippen molar-refractivity contribution in [3.8, 4) is 5.75 Å². The number of halogens is 2. The van der Waals surface area contributed by atoms with Crippen molar-refractivity contribution in [1.29, 1.82) is 0 Å². The summed E-state index contributed by atoms with van der Waals surface area (Å²) >= 11 is 0. The first-order chi connectivity index (χ1) is 18.5. The third kappa shape index (κ3) is 7.85. The van der Waals surface area contributed by atoms with Gasteiger partial charge in [0.05, 0.1) is 43.6 Å². The van der Waals surface area contributed by atoms with Crippen molar-refractivity contribution in [3.63, 3.8) is 0 Å². The zero-order valence-corrected chi connectivity index (χ0v) is 21.8. The number of amides is 2. The minimum absolute atomic E-state index is 0.0262. The highest BCUT2D eigenvalue weighted by molar-refractivity contribution is 6.05. The Kier molecular flexibility index (Phi) is 10.6. The number of benzene rings is 1. The van der Waals surface area contributed by atoms with E-state index in [1.165, 1.54) is 17.0 Å². The number of hydrogen-bond donors (Lipinski definition) is 3. The van der Waals surface area contributed by atoms with Crippen molar-refractivity contribution < 1.29 is 48.0 Å². The first-order valence-electron chi connectivity index (χ1n) is 12.9. The minimum Gasteiger partial charge on any atom is -0.495 e. The maximum absolute atomic E-state index is 13.8. The van der Waals surface area contributed by atoms with E-state index >= 15 is 0 Å². The van der Waals surface area contributed by atoms with Crippen molar-refractivity contribution >= 4 is 29.4 Å². The number of carboxylic acids is 2. The molecule has 0 spiro atoms. The van der Waals surface area contributed by atoms with Crippen LogP contribution < -0.4 is 9.64 Å². The van der Waals surface area contributed by atoms with Gasteiger partial charge in [-0.3, -0.25) is 29.0 Å². The lowest BCUT2D eigenvalue weighted by atomic mass is 9.78. The van der Waals surface area contributed by atoms with Gasteiger partial charge in [0.1, 0.15) is 17.7 Å². The molecule has 2 heterocycles. The van der Waals surface area contributed by atoms with Crippen LogP contribution >= 0.6 is 0 Å². The standard InChI is InChI=1S/C22H29F2N3O4.C4H6O4/c1-31-20-4-3-14(23)11-18(20)26-9-7-25(8-10-26)5-2-6-27-21(29)15-12-17(24)19(28)13-16(15)22(27)30;5-3(6)1-2-4(7)8/h3-4,11,15-17,19,28H,2,5-10,12-13H2,1H3;1-2H2,(H,5,6)(H,7,8). The number of aliphatic carboxylic acids is 2. The van der Waals surface area contributed by atoms with Gasteiger partial charge in [-0.05, 0) is 37.9 Å². The van der Waals surface area contributed by atoms with Gasteiger partial charge in [-0.2, -0.15) is 0 Å².